The van der Waals surface area contributed by atoms with Gasteiger partial charge in [-0.15, -0.1) is 0 Å². The van der Waals surface area contributed by atoms with E-state index >= 15 is 0 Å². The zero-order valence-corrected chi connectivity index (χ0v) is 20.0. The fraction of sp³-hybridized carbons (Fsp3) is 0.259. The van der Waals surface area contributed by atoms with Crippen LogP contribution in [-0.4, -0.2) is 44.2 Å². The molecule has 1 aliphatic heterocycles. The number of nitrogens with zero attached hydrogens (tertiary/aromatic N) is 1. The lowest BCUT2D eigenvalue weighted by Gasteiger charge is -2.26. The Morgan fingerprint density at radius 2 is 1.65 bits per heavy atom. The van der Waals surface area contributed by atoms with Crippen LogP contribution >= 0.6 is 0 Å². The van der Waals surface area contributed by atoms with Crippen LogP contribution in [0, 0.1) is 6.92 Å². The van der Waals surface area contributed by atoms with Gasteiger partial charge in [-0.1, -0.05) is 66.7 Å². The van der Waals surface area contributed by atoms with Crippen molar-refractivity contribution < 1.29 is 22.7 Å². The SMILES string of the molecule is Cc1ccccc1C[C@@H](C(=O)N1C(=O)OC[C@@H]1Cc1ccccc1)c1ccc(S(C)(=O)=O)cc1. The van der Waals surface area contributed by atoms with Crippen molar-refractivity contribution in [2.45, 2.75) is 36.6 Å². The van der Waals surface area contributed by atoms with E-state index in [1.165, 1.54) is 17.0 Å². The van der Waals surface area contributed by atoms with Gasteiger partial charge < -0.3 is 4.74 Å². The molecule has 0 N–H and O–H groups in total. The fourth-order valence-electron chi connectivity index (χ4n) is 4.29. The van der Waals surface area contributed by atoms with Gasteiger partial charge in [0.15, 0.2) is 9.84 Å². The molecule has 7 heteroatoms. The van der Waals surface area contributed by atoms with Crippen LogP contribution in [0.3, 0.4) is 0 Å². The van der Waals surface area contributed by atoms with Crippen molar-refractivity contribution in [3.05, 3.63) is 101 Å². The van der Waals surface area contributed by atoms with Crippen LogP contribution in [0.4, 0.5) is 4.79 Å². The van der Waals surface area contributed by atoms with Gasteiger partial charge in [0.05, 0.1) is 16.9 Å². The number of aryl methyl sites for hydroxylation is 1. The number of cyclic esters (lactones) is 1. The number of benzene rings is 3. The Morgan fingerprint density at radius 3 is 2.29 bits per heavy atom. The Bertz CT molecular complexity index is 1290. The molecule has 0 radical (unpaired) electrons. The second-order valence-corrected chi connectivity index (χ2v) is 10.7. The highest BCUT2D eigenvalue weighted by Gasteiger charge is 2.41. The Labute approximate surface area is 200 Å². The van der Waals surface area contributed by atoms with Gasteiger partial charge in [0.1, 0.15) is 6.61 Å². The van der Waals surface area contributed by atoms with Gasteiger partial charge in [-0.25, -0.2) is 18.1 Å². The highest BCUT2D eigenvalue weighted by Crippen LogP contribution is 2.29. The Hall–Kier alpha value is -3.45. The summed E-state index contributed by atoms with van der Waals surface area (Å²) in [5.74, 6) is -1.02. The summed E-state index contributed by atoms with van der Waals surface area (Å²) < 4.78 is 29.1. The first-order valence-corrected chi connectivity index (χ1v) is 13.0. The van der Waals surface area contributed by atoms with E-state index in [1.807, 2.05) is 61.5 Å². The minimum Gasteiger partial charge on any atom is -0.447 e. The van der Waals surface area contributed by atoms with Crippen LogP contribution in [0.5, 0.6) is 0 Å². The number of hydrogen-bond donors (Lipinski definition) is 0. The monoisotopic (exact) mass is 477 g/mol. The highest BCUT2D eigenvalue weighted by molar-refractivity contribution is 7.90. The molecule has 34 heavy (non-hydrogen) atoms. The molecule has 0 aromatic heterocycles. The molecule has 1 aliphatic rings. The van der Waals surface area contributed by atoms with Crippen LogP contribution in [0.1, 0.15) is 28.2 Å². The summed E-state index contributed by atoms with van der Waals surface area (Å²) in [6.45, 7) is 2.12. The van der Waals surface area contributed by atoms with Gasteiger partial charge in [0, 0.05) is 6.26 Å². The van der Waals surface area contributed by atoms with E-state index in [4.69, 9.17) is 4.74 Å². The van der Waals surface area contributed by atoms with Crippen molar-refractivity contribution in [2.75, 3.05) is 12.9 Å². The van der Waals surface area contributed by atoms with Crippen molar-refractivity contribution in [3.63, 3.8) is 0 Å². The van der Waals surface area contributed by atoms with Gasteiger partial charge >= 0.3 is 6.09 Å². The lowest BCUT2D eigenvalue weighted by molar-refractivity contribution is -0.130. The maximum Gasteiger partial charge on any atom is 0.417 e. The van der Waals surface area contributed by atoms with Crippen molar-refractivity contribution in [3.8, 4) is 0 Å². The number of imide groups is 1. The van der Waals surface area contributed by atoms with Crippen LogP contribution in [0.15, 0.2) is 83.8 Å². The molecular formula is C27H27NO5S. The molecule has 1 fully saturated rings. The van der Waals surface area contributed by atoms with Gasteiger partial charge in [-0.3, -0.25) is 4.79 Å². The quantitative estimate of drug-likeness (QED) is 0.506. The summed E-state index contributed by atoms with van der Waals surface area (Å²) in [5, 5.41) is 0. The average Bonchev–Trinajstić information content (AvgIpc) is 3.18. The molecule has 176 valence electrons. The lowest BCUT2D eigenvalue weighted by Crippen LogP contribution is -2.43. The summed E-state index contributed by atoms with van der Waals surface area (Å²) in [5.41, 5.74) is 3.69. The average molecular weight is 478 g/mol. The van der Waals surface area contributed by atoms with Crippen molar-refractivity contribution in [1.82, 2.24) is 4.90 Å². The summed E-state index contributed by atoms with van der Waals surface area (Å²) in [6.07, 6.45) is 1.38. The third-order valence-electron chi connectivity index (χ3n) is 6.21. The summed E-state index contributed by atoms with van der Waals surface area (Å²) in [7, 11) is -3.37. The maximum absolute atomic E-state index is 13.9. The Balaban J connectivity index is 1.69. The molecule has 1 heterocycles. The first-order chi connectivity index (χ1) is 16.2. The van der Waals surface area contributed by atoms with Crippen LogP contribution in [-0.2, 0) is 32.2 Å². The molecule has 6 nitrogen and oxygen atoms in total. The maximum atomic E-state index is 13.9. The normalized spacial score (nSPS) is 16.8. The molecule has 2 amide bonds. The number of carbonyl (C=O) groups excluding carboxylic acids is 2. The number of amides is 2. The number of hydrogen-bond acceptors (Lipinski definition) is 5. The molecule has 0 saturated carbocycles. The van der Waals surface area contributed by atoms with Crippen LogP contribution < -0.4 is 0 Å². The summed E-state index contributed by atoms with van der Waals surface area (Å²) in [4.78, 5) is 27.9. The van der Waals surface area contributed by atoms with Gasteiger partial charge in [0.25, 0.3) is 0 Å². The predicted molar refractivity (Wildman–Crippen MR) is 129 cm³/mol. The van der Waals surface area contributed by atoms with E-state index in [0.717, 1.165) is 22.9 Å². The van der Waals surface area contributed by atoms with Gasteiger partial charge in [0.2, 0.25) is 5.91 Å². The van der Waals surface area contributed by atoms with E-state index < -0.39 is 27.9 Å². The third kappa shape index (κ3) is 5.20. The summed E-state index contributed by atoms with van der Waals surface area (Å²) in [6, 6.07) is 23.4. The molecule has 4 rings (SSSR count). The van der Waals surface area contributed by atoms with E-state index in [1.54, 1.807) is 12.1 Å². The highest BCUT2D eigenvalue weighted by atomic mass is 32.2. The van der Waals surface area contributed by atoms with Crippen LogP contribution in [0.25, 0.3) is 0 Å². The fourth-order valence-corrected chi connectivity index (χ4v) is 4.92. The van der Waals surface area contributed by atoms with E-state index in [0.29, 0.717) is 18.4 Å². The third-order valence-corrected chi connectivity index (χ3v) is 7.34. The predicted octanol–water partition coefficient (Wildman–Crippen LogP) is 4.31. The molecule has 0 aliphatic carbocycles. The zero-order chi connectivity index (χ0) is 24.3. The molecule has 1 saturated heterocycles. The molecule has 2 atom stereocenters. The van der Waals surface area contributed by atoms with Crippen LogP contribution in [0.2, 0.25) is 0 Å². The number of rotatable bonds is 7. The first kappa shape index (κ1) is 23.7. The number of carbonyl (C=O) groups is 2. The van der Waals surface area contributed by atoms with Gasteiger partial charge in [-0.05, 0) is 54.2 Å². The smallest absolute Gasteiger partial charge is 0.417 e. The molecule has 3 aromatic rings. The molecule has 3 aromatic carbocycles. The van der Waals surface area contributed by atoms with Gasteiger partial charge in [-0.2, -0.15) is 0 Å². The molecule has 0 bridgehead atoms. The van der Waals surface area contributed by atoms with E-state index in [-0.39, 0.29) is 17.4 Å². The van der Waals surface area contributed by atoms with Crippen molar-refractivity contribution >= 4 is 21.8 Å². The van der Waals surface area contributed by atoms with Crippen molar-refractivity contribution in [1.29, 1.82) is 0 Å². The van der Waals surface area contributed by atoms with E-state index in [2.05, 4.69) is 0 Å². The largest absolute Gasteiger partial charge is 0.447 e. The Morgan fingerprint density at radius 1 is 1.00 bits per heavy atom. The topological polar surface area (TPSA) is 80.8 Å². The molecule has 0 spiro atoms. The van der Waals surface area contributed by atoms with E-state index in [9.17, 15) is 18.0 Å². The Kier molecular flexibility index (Phi) is 6.84. The van der Waals surface area contributed by atoms with Crippen molar-refractivity contribution in [2.24, 2.45) is 0 Å². The minimum atomic E-state index is -3.37. The molecule has 0 unspecified atom stereocenters. The second kappa shape index (κ2) is 9.81. The second-order valence-electron chi connectivity index (χ2n) is 8.65. The first-order valence-electron chi connectivity index (χ1n) is 11.1. The number of ether oxygens (including phenoxy) is 1. The summed E-state index contributed by atoms with van der Waals surface area (Å²) >= 11 is 0. The number of sulfone groups is 1. The minimum absolute atomic E-state index is 0.142. The molecular weight excluding hydrogens is 450 g/mol. The lowest BCUT2D eigenvalue weighted by atomic mass is 9.88. The standard InChI is InChI=1S/C27H27NO5S/c1-19-8-6-7-11-22(19)17-25(21-12-14-24(15-13-21)34(2,31)32)26(29)28-23(18-33-27(28)30)16-20-9-4-3-5-10-20/h3-15,23,25H,16-18H2,1-2H3/t23-,25+/m0/s1. The zero-order valence-electron chi connectivity index (χ0n) is 19.2.